The summed E-state index contributed by atoms with van der Waals surface area (Å²) in [5.41, 5.74) is 2.00. The molecule has 2 heterocycles. The number of aromatic nitrogens is 2. The summed E-state index contributed by atoms with van der Waals surface area (Å²) in [5.74, 6) is 3.67. The Morgan fingerprint density at radius 2 is 1.91 bits per heavy atom. The molecule has 0 unspecified atom stereocenters. The molecule has 0 spiro atoms. The number of nitrogens with one attached hydrogen (secondary N) is 1. The topological polar surface area (TPSA) is 110 Å². The van der Waals surface area contributed by atoms with Gasteiger partial charge in [0.05, 0.1) is 4.90 Å². The molecule has 8 nitrogen and oxygen atoms in total. The van der Waals surface area contributed by atoms with Crippen LogP contribution in [0.2, 0.25) is 0 Å². The molecule has 1 saturated heterocycles. The van der Waals surface area contributed by atoms with E-state index in [2.05, 4.69) is 40.0 Å². The minimum atomic E-state index is -3.75. The summed E-state index contributed by atoms with van der Waals surface area (Å²) in [6.45, 7) is 6.40. The summed E-state index contributed by atoms with van der Waals surface area (Å²) in [5, 5.41) is 9.04. The van der Waals surface area contributed by atoms with Crippen molar-refractivity contribution in [1.29, 1.82) is 0 Å². The van der Waals surface area contributed by atoms with E-state index in [9.17, 15) is 8.42 Å². The highest BCUT2D eigenvalue weighted by molar-refractivity contribution is 7.89. The van der Waals surface area contributed by atoms with E-state index in [4.69, 9.17) is 16.3 Å². The number of anilines is 2. The SMILES string of the molecule is C#Cc1cc(OC2CCN(C(C)C)CC2)c2nc(Nc3ccc(S(N)(=O)=O)cc3)ncc2c1. The summed E-state index contributed by atoms with van der Waals surface area (Å²) < 4.78 is 29.3. The van der Waals surface area contributed by atoms with Gasteiger partial charge in [0, 0.05) is 42.0 Å². The van der Waals surface area contributed by atoms with Crippen LogP contribution in [0.15, 0.2) is 47.5 Å². The molecular formula is C24H27N5O3S. The Kier molecular flexibility index (Phi) is 6.51. The molecule has 0 saturated carbocycles. The van der Waals surface area contributed by atoms with Gasteiger partial charge in [0.1, 0.15) is 17.4 Å². The Hall–Kier alpha value is -3.19. The fourth-order valence-corrected chi connectivity index (χ4v) is 4.41. The number of primary sulfonamides is 1. The van der Waals surface area contributed by atoms with E-state index in [1.165, 1.54) is 12.1 Å². The lowest BCUT2D eigenvalue weighted by molar-refractivity contribution is 0.0852. The molecule has 0 bridgehead atoms. The van der Waals surface area contributed by atoms with Crippen LogP contribution < -0.4 is 15.2 Å². The number of fused-ring (bicyclic) bond motifs is 1. The third kappa shape index (κ3) is 5.42. The number of likely N-dealkylation sites (tertiary alicyclic amines) is 1. The van der Waals surface area contributed by atoms with Crippen LogP contribution in [0.4, 0.5) is 11.6 Å². The van der Waals surface area contributed by atoms with Gasteiger partial charge in [-0.25, -0.2) is 23.5 Å². The summed E-state index contributed by atoms with van der Waals surface area (Å²) in [6, 6.07) is 10.3. The van der Waals surface area contributed by atoms with Crippen molar-refractivity contribution in [3.63, 3.8) is 0 Å². The molecule has 1 fully saturated rings. The summed E-state index contributed by atoms with van der Waals surface area (Å²) in [6.07, 6.45) is 9.31. The number of sulfonamides is 1. The van der Waals surface area contributed by atoms with Crippen molar-refractivity contribution in [3.8, 4) is 18.1 Å². The van der Waals surface area contributed by atoms with Crippen LogP contribution in [0.1, 0.15) is 32.3 Å². The van der Waals surface area contributed by atoms with Gasteiger partial charge in [0.25, 0.3) is 0 Å². The first-order valence-corrected chi connectivity index (χ1v) is 12.4. The number of nitrogens with two attached hydrogens (primary N) is 1. The van der Waals surface area contributed by atoms with Crippen molar-refractivity contribution in [3.05, 3.63) is 48.2 Å². The lowest BCUT2D eigenvalue weighted by Crippen LogP contribution is -2.41. The lowest BCUT2D eigenvalue weighted by atomic mass is 10.1. The second kappa shape index (κ2) is 9.35. The molecule has 0 aliphatic carbocycles. The van der Waals surface area contributed by atoms with Crippen molar-refractivity contribution in [2.24, 2.45) is 5.14 Å². The molecule has 3 aromatic rings. The van der Waals surface area contributed by atoms with Crippen LogP contribution in [0.3, 0.4) is 0 Å². The summed E-state index contributed by atoms with van der Waals surface area (Å²) in [7, 11) is -3.75. The first-order valence-electron chi connectivity index (χ1n) is 10.8. The van der Waals surface area contributed by atoms with Crippen LogP contribution >= 0.6 is 0 Å². The Balaban J connectivity index is 1.59. The van der Waals surface area contributed by atoms with Crippen molar-refractivity contribution in [2.75, 3.05) is 18.4 Å². The van der Waals surface area contributed by atoms with Gasteiger partial charge in [0.2, 0.25) is 16.0 Å². The first-order chi connectivity index (χ1) is 15.7. The third-order valence-electron chi connectivity index (χ3n) is 5.75. The zero-order chi connectivity index (χ0) is 23.6. The van der Waals surface area contributed by atoms with Crippen molar-refractivity contribution >= 4 is 32.6 Å². The van der Waals surface area contributed by atoms with Gasteiger partial charge in [-0.05, 0) is 63.1 Å². The molecule has 9 heteroatoms. The van der Waals surface area contributed by atoms with E-state index in [0.717, 1.165) is 31.3 Å². The summed E-state index contributed by atoms with van der Waals surface area (Å²) >= 11 is 0. The van der Waals surface area contributed by atoms with Gasteiger partial charge in [-0.15, -0.1) is 6.42 Å². The number of nitrogens with zero attached hydrogens (tertiary/aromatic N) is 3. The van der Waals surface area contributed by atoms with Gasteiger partial charge in [-0.3, -0.25) is 0 Å². The Bertz CT molecular complexity index is 1290. The fraction of sp³-hybridized carbons (Fsp3) is 0.333. The maximum absolute atomic E-state index is 11.5. The van der Waals surface area contributed by atoms with Gasteiger partial charge >= 0.3 is 0 Å². The standard InChI is InChI=1S/C24H27N5O3S/c1-4-17-13-18-15-26-24(27-19-5-7-21(8-6-19)33(25,30)31)28-23(18)22(14-17)32-20-9-11-29(12-10-20)16(2)3/h1,5-8,13-16,20H,9-12H2,2-3H3,(H2,25,30,31)(H,26,27,28). The molecule has 3 N–H and O–H groups in total. The highest BCUT2D eigenvalue weighted by atomic mass is 32.2. The number of rotatable bonds is 6. The van der Waals surface area contributed by atoms with Crippen LogP contribution in [0.5, 0.6) is 5.75 Å². The summed E-state index contributed by atoms with van der Waals surface area (Å²) in [4.78, 5) is 11.5. The predicted octanol–water partition coefficient (Wildman–Crippen LogP) is 3.25. The van der Waals surface area contributed by atoms with Crippen molar-refractivity contribution in [2.45, 2.75) is 43.7 Å². The zero-order valence-electron chi connectivity index (χ0n) is 18.7. The average molecular weight is 466 g/mol. The Morgan fingerprint density at radius 3 is 2.52 bits per heavy atom. The highest BCUT2D eigenvalue weighted by Gasteiger charge is 2.23. The molecule has 1 aliphatic rings. The van der Waals surface area contributed by atoms with E-state index < -0.39 is 10.0 Å². The smallest absolute Gasteiger partial charge is 0.238 e. The van der Waals surface area contributed by atoms with Crippen LogP contribution in [0.25, 0.3) is 10.9 Å². The second-order valence-electron chi connectivity index (χ2n) is 8.39. The van der Waals surface area contributed by atoms with E-state index in [-0.39, 0.29) is 11.0 Å². The van der Waals surface area contributed by atoms with Crippen molar-refractivity contribution < 1.29 is 13.2 Å². The van der Waals surface area contributed by atoms with Gasteiger partial charge in [-0.1, -0.05) is 5.92 Å². The maximum Gasteiger partial charge on any atom is 0.238 e. The zero-order valence-corrected chi connectivity index (χ0v) is 19.5. The van der Waals surface area contributed by atoms with E-state index in [1.807, 2.05) is 12.1 Å². The average Bonchev–Trinajstić information content (AvgIpc) is 2.79. The molecule has 1 aromatic heterocycles. The minimum Gasteiger partial charge on any atom is -0.488 e. The van der Waals surface area contributed by atoms with Crippen molar-refractivity contribution in [1.82, 2.24) is 14.9 Å². The van der Waals surface area contributed by atoms with Crippen LogP contribution in [0, 0.1) is 12.3 Å². The quantitative estimate of drug-likeness (QED) is 0.538. The molecule has 33 heavy (non-hydrogen) atoms. The molecule has 0 amide bonds. The van der Waals surface area contributed by atoms with Crippen LogP contribution in [-0.4, -0.2) is 48.5 Å². The fourth-order valence-electron chi connectivity index (χ4n) is 3.89. The van der Waals surface area contributed by atoms with Gasteiger partial charge in [-0.2, -0.15) is 0 Å². The molecule has 0 atom stereocenters. The maximum atomic E-state index is 11.5. The number of terminal acetylenes is 1. The third-order valence-corrected chi connectivity index (χ3v) is 6.68. The molecular weight excluding hydrogens is 438 g/mol. The minimum absolute atomic E-state index is 0.0356. The number of benzene rings is 2. The molecule has 2 aromatic carbocycles. The first kappa shape index (κ1) is 23.0. The molecule has 0 radical (unpaired) electrons. The lowest BCUT2D eigenvalue weighted by Gasteiger charge is -2.34. The number of hydrogen-bond donors (Lipinski definition) is 2. The molecule has 4 rings (SSSR count). The molecule has 1 aliphatic heterocycles. The largest absolute Gasteiger partial charge is 0.488 e. The van der Waals surface area contributed by atoms with E-state index >= 15 is 0 Å². The number of hydrogen-bond acceptors (Lipinski definition) is 7. The second-order valence-corrected chi connectivity index (χ2v) is 9.95. The number of piperidine rings is 1. The predicted molar refractivity (Wildman–Crippen MR) is 129 cm³/mol. The van der Waals surface area contributed by atoms with E-state index in [0.29, 0.717) is 34.5 Å². The normalized spacial score (nSPS) is 15.5. The highest BCUT2D eigenvalue weighted by Crippen LogP contribution is 2.30. The van der Waals surface area contributed by atoms with Crippen LogP contribution in [-0.2, 0) is 10.0 Å². The number of ether oxygens (including phenoxy) is 1. The molecule has 172 valence electrons. The van der Waals surface area contributed by atoms with Gasteiger partial charge < -0.3 is 15.0 Å². The van der Waals surface area contributed by atoms with E-state index in [1.54, 1.807) is 18.3 Å². The Morgan fingerprint density at radius 1 is 1.21 bits per heavy atom. The Labute approximate surface area is 194 Å². The monoisotopic (exact) mass is 465 g/mol. The van der Waals surface area contributed by atoms with Gasteiger partial charge in [0.15, 0.2) is 0 Å².